The highest BCUT2D eigenvalue weighted by atomic mass is 16.5. The van der Waals surface area contributed by atoms with Crippen LogP contribution in [0.15, 0.2) is 48.5 Å². The summed E-state index contributed by atoms with van der Waals surface area (Å²) < 4.78 is 11.1. The van der Waals surface area contributed by atoms with Gasteiger partial charge < -0.3 is 14.4 Å². The molecule has 0 radical (unpaired) electrons. The summed E-state index contributed by atoms with van der Waals surface area (Å²) in [5, 5.41) is 0. The maximum absolute atomic E-state index is 12.9. The van der Waals surface area contributed by atoms with Crippen LogP contribution in [0.3, 0.4) is 0 Å². The third kappa shape index (κ3) is 4.13. The summed E-state index contributed by atoms with van der Waals surface area (Å²) in [6, 6.07) is 16.1. The Morgan fingerprint density at radius 3 is 2.76 bits per heavy atom. The van der Waals surface area contributed by atoms with Crippen molar-refractivity contribution in [3.8, 4) is 11.5 Å². The molecule has 1 atom stereocenters. The Kier molecular flexibility index (Phi) is 5.59. The molecule has 1 aliphatic rings. The van der Waals surface area contributed by atoms with E-state index >= 15 is 0 Å². The Hall–Kier alpha value is -2.49. The van der Waals surface area contributed by atoms with E-state index < -0.39 is 0 Å². The van der Waals surface area contributed by atoms with Gasteiger partial charge in [-0.25, -0.2) is 0 Å². The molecule has 0 saturated carbocycles. The smallest absolute Gasteiger partial charge is 0.229 e. The summed E-state index contributed by atoms with van der Waals surface area (Å²) in [4.78, 5) is 14.9. The van der Waals surface area contributed by atoms with Crippen LogP contribution in [0, 0.1) is 5.92 Å². The molecule has 0 fully saturated rings. The Labute approximate surface area is 149 Å². The van der Waals surface area contributed by atoms with E-state index in [1.165, 1.54) is 5.56 Å². The van der Waals surface area contributed by atoms with Crippen molar-refractivity contribution >= 4 is 5.91 Å². The summed E-state index contributed by atoms with van der Waals surface area (Å²) in [6.45, 7) is 3.93. The molecular formula is C21H25NO3. The van der Waals surface area contributed by atoms with Gasteiger partial charge in [0, 0.05) is 13.1 Å². The fourth-order valence-electron chi connectivity index (χ4n) is 3.25. The van der Waals surface area contributed by atoms with Crippen molar-refractivity contribution in [3.05, 3.63) is 59.7 Å². The maximum Gasteiger partial charge on any atom is 0.229 e. The third-order valence-corrected chi connectivity index (χ3v) is 4.73. The molecule has 2 aromatic rings. The maximum atomic E-state index is 12.9. The summed E-state index contributed by atoms with van der Waals surface area (Å²) in [7, 11) is 1.65. The first-order valence-electron chi connectivity index (χ1n) is 8.83. The van der Waals surface area contributed by atoms with E-state index in [0.29, 0.717) is 19.6 Å². The van der Waals surface area contributed by atoms with Crippen molar-refractivity contribution in [2.24, 2.45) is 5.92 Å². The van der Waals surface area contributed by atoms with E-state index in [1.54, 1.807) is 7.11 Å². The molecule has 0 saturated heterocycles. The fraction of sp³-hybridized carbons (Fsp3) is 0.381. The molecule has 1 amide bonds. The number of ether oxygens (including phenoxy) is 2. The molecule has 0 spiro atoms. The summed E-state index contributed by atoms with van der Waals surface area (Å²) in [5.74, 6) is 1.70. The van der Waals surface area contributed by atoms with Crippen molar-refractivity contribution in [2.45, 2.75) is 19.8 Å². The van der Waals surface area contributed by atoms with Gasteiger partial charge in [0.25, 0.3) is 0 Å². The first kappa shape index (κ1) is 17.3. The minimum Gasteiger partial charge on any atom is -0.497 e. The highest BCUT2D eigenvalue weighted by Crippen LogP contribution is 2.31. The number of rotatable bonds is 6. The van der Waals surface area contributed by atoms with E-state index in [4.69, 9.17) is 9.47 Å². The Morgan fingerprint density at radius 1 is 1.24 bits per heavy atom. The molecule has 4 nitrogen and oxygen atoms in total. The van der Waals surface area contributed by atoms with E-state index in [1.807, 2.05) is 48.2 Å². The quantitative estimate of drug-likeness (QED) is 0.810. The Balaban J connectivity index is 1.64. The van der Waals surface area contributed by atoms with E-state index in [0.717, 1.165) is 30.0 Å². The van der Waals surface area contributed by atoms with Gasteiger partial charge in [0.2, 0.25) is 5.91 Å². The second-order valence-corrected chi connectivity index (χ2v) is 6.34. The van der Waals surface area contributed by atoms with Crippen LogP contribution in [0.2, 0.25) is 0 Å². The van der Waals surface area contributed by atoms with Gasteiger partial charge in [-0.2, -0.15) is 0 Å². The molecule has 25 heavy (non-hydrogen) atoms. The fourth-order valence-corrected chi connectivity index (χ4v) is 3.25. The molecule has 1 aliphatic heterocycles. The number of benzene rings is 2. The number of carbonyl (C=O) groups excluding carboxylic acids is 1. The molecule has 132 valence electrons. The summed E-state index contributed by atoms with van der Waals surface area (Å²) in [5.41, 5.74) is 2.30. The number of nitrogens with zero attached hydrogens (tertiary/aromatic N) is 1. The number of hydrogen-bond donors (Lipinski definition) is 0. The van der Waals surface area contributed by atoms with Gasteiger partial charge in [0.1, 0.15) is 18.1 Å². The van der Waals surface area contributed by atoms with Crippen molar-refractivity contribution in [1.82, 2.24) is 4.90 Å². The minimum absolute atomic E-state index is 0.129. The van der Waals surface area contributed by atoms with Crippen LogP contribution in [0.4, 0.5) is 0 Å². The van der Waals surface area contributed by atoms with Gasteiger partial charge >= 0.3 is 0 Å². The Bertz CT molecular complexity index is 714. The number of hydrogen-bond acceptors (Lipinski definition) is 3. The lowest BCUT2D eigenvalue weighted by molar-refractivity contribution is -0.136. The number of likely N-dealkylation sites (N-methyl/N-ethyl adjacent to an activating group) is 1. The number of methoxy groups -OCH3 is 1. The molecule has 4 heteroatoms. The van der Waals surface area contributed by atoms with Crippen LogP contribution < -0.4 is 9.47 Å². The SMILES string of the molecule is CCN(CCc1ccccc1)C(=O)C1COc2ccc(OC)cc2C1. The first-order valence-corrected chi connectivity index (χ1v) is 8.83. The van der Waals surface area contributed by atoms with Crippen LogP contribution in [0.5, 0.6) is 11.5 Å². The van der Waals surface area contributed by atoms with Gasteiger partial charge in [-0.1, -0.05) is 30.3 Å². The van der Waals surface area contributed by atoms with Gasteiger partial charge in [-0.05, 0) is 49.1 Å². The Morgan fingerprint density at radius 2 is 2.04 bits per heavy atom. The predicted molar refractivity (Wildman–Crippen MR) is 98.1 cm³/mol. The third-order valence-electron chi connectivity index (χ3n) is 4.73. The zero-order valence-electron chi connectivity index (χ0n) is 14.9. The minimum atomic E-state index is -0.129. The molecule has 0 bridgehead atoms. The van der Waals surface area contributed by atoms with Crippen LogP contribution in [-0.2, 0) is 17.6 Å². The van der Waals surface area contributed by atoms with Crippen molar-refractivity contribution < 1.29 is 14.3 Å². The summed E-state index contributed by atoms with van der Waals surface area (Å²) >= 11 is 0. The number of amides is 1. The van der Waals surface area contributed by atoms with Crippen LogP contribution in [-0.4, -0.2) is 37.6 Å². The molecule has 1 unspecified atom stereocenters. The molecule has 0 aromatic heterocycles. The lowest BCUT2D eigenvalue weighted by Gasteiger charge is -2.30. The zero-order chi connectivity index (χ0) is 17.6. The topological polar surface area (TPSA) is 38.8 Å². The highest BCUT2D eigenvalue weighted by Gasteiger charge is 2.29. The van der Waals surface area contributed by atoms with E-state index in [2.05, 4.69) is 12.1 Å². The van der Waals surface area contributed by atoms with Crippen molar-refractivity contribution in [1.29, 1.82) is 0 Å². The second kappa shape index (κ2) is 8.06. The highest BCUT2D eigenvalue weighted by molar-refractivity contribution is 5.79. The normalized spacial score (nSPS) is 15.8. The molecule has 3 rings (SSSR count). The average molecular weight is 339 g/mol. The number of carbonyl (C=O) groups is 1. The van der Waals surface area contributed by atoms with Gasteiger partial charge in [0.05, 0.1) is 13.0 Å². The lowest BCUT2D eigenvalue weighted by atomic mass is 9.95. The predicted octanol–water partition coefficient (Wildman–Crippen LogP) is 3.34. The van der Waals surface area contributed by atoms with E-state index in [9.17, 15) is 4.79 Å². The van der Waals surface area contributed by atoms with Gasteiger partial charge in [0.15, 0.2) is 0 Å². The van der Waals surface area contributed by atoms with Crippen molar-refractivity contribution in [3.63, 3.8) is 0 Å². The molecule has 0 aliphatic carbocycles. The molecule has 2 aromatic carbocycles. The monoisotopic (exact) mass is 339 g/mol. The van der Waals surface area contributed by atoms with E-state index in [-0.39, 0.29) is 11.8 Å². The average Bonchev–Trinajstić information content (AvgIpc) is 2.68. The van der Waals surface area contributed by atoms with Gasteiger partial charge in [-0.15, -0.1) is 0 Å². The van der Waals surface area contributed by atoms with Crippen LogP contribution in [0.1, 0.15) is 18.1 Å². The van der Waals surface area contributed by atoms with Crippen LogP contribution >= 0.6 is 0 Å². The zero-order valence-corrected chi connectivity index (χ0v) is 14.9. The van der Waals surface area contributed by atoms with Gasteiger partial charge in [-0.3, -0.25) is 4.79 Å². The largest absolute Gasteiger partial charge is 0.497 e. The molecule has 1 heterocycles. The van der Waals surface area contributed by atoms with Crippen LogP contribution in [0.25, 0.3) is 0 Å². The van der Waals surface area contributed by atoms with Crippen molar-refractivity contribution in [2.75, 3.05) is 26.8 Å². The standard InChI is InChI=1S/C21H25NO3/c1-3-22(12-11-16-7-5-4-6-8-16)21(23)18-13-17-14-19(24-2)9-10-20(17)25-15-18/h4-10,14,18H,3,11-13,15H2,1-2H3. The first-order chi connectivity index (χ1) is 12.2. The second-order valence-electron chi connectivity index (χ2n) is 6.34. The number of fused-ring (bicyclic) bond motifs is 1. The molecular weight excluding hydrogens is 314 g/mol. The lowest BCUT2D eigenvalue weighted by Crippen LogP contribution is -2.41. The molecule has 0 N–H and O–H groups in total. The summed E-state index contributed by atoms with van der Waals surface area (Å²) in [6.07, 6.45) is 1.58.